The van der Waals surface area contributed by atoms with Crippen LogP contribution in [0.4, 0.5) is 10.8 Å². The van der Waals surface area contributed by atoms with Gasteiger partial charge in [0, 0.05) is 16.8 Å². The topological polar surface area (TPSA) is 51.2 Å². The highest BCUT2D eigenvalue weighted by atomic mass is 35.5. The number of rotatable bonds is 5. The molecule has 0 bridgehead atoms. The van der Waals surface area contributed by atoms with Crippen LogP contribution in [0, 0.1) is 0 Å². The standard InChI is InChI=1S/C13H12Cl2N2O2S/c1-19-12(18)5-3-9-7-20-13(16-9)17-11-6-8(14)2-4-10(11)15/h2,4,6-7H,3,5H2,1H3,(H,16,17). The van der Waals surface area contributed by atoms with E-state index in [-0.39, 0.29) is 5.97 Å². The highest BCUT2D eigenvalue weighted by molar-refractivity contribution is 7.13. The Balaban J connectivity index is 2.02. The third-order valence-electron chi connectivity index (χ3n) is 2.53. The summed E-state index contributed by atoms with van der Waals surface area (Å²) in [6.45, 7) is 0. The molecule has 1 aromatic heterocycles. The van der Waals surface area contributed by atoms with E-state index in [1.54, 1.807) is 18.2 Å². The van der Waals surface area contributed by atoms with E-state index in [9.17, 15) is 4.79 Å². The SMILES string of the molecule is COC(=O)CCc1csc(Nc2cc(Cl)ccc2Cl)n1. The summed E-state index contributed by atoms with van der Waals surface area (Å²) in [7, 11) is 1.37. The number of benzene rings is 1. The number of nitrogens with one attached hydrogen (secondary N) is 1. The fraction of sp³-hybridized carbons (Fsp3) is 0.231. The minimum atomic E-state index is -0.245. The Labute approximate surface area is 130 Å². The number of ether oxygens (including phenoxy) is 1. The number of aromatic nitrogens is 1. The van der Waals surface area contributed by atoms with Crippen LogP contribution < -0.4 is 5.32 Å². The lowest BCUT2D eigenvalue weighted by Gasteiger charge is -2.05. The maximum absolute atomic E-state index is 11.1. The van der Waals surface area contributed by atoms with E-state index in [2.05, 4.69) is 15.0 Å². The van der Waals surface area contributed by atoms with E-state index in [1.807, 2.05) is 5.38 Å². The zero-order valence-corrected chi connectivity index (χ0v) is 13.0. The zero-order valence-electron chi connectivity index (χ0n) is 10.7. The molecule has 0 atom stereocenters. The van der Waals surface area contributed by atoms with Crippen molar-refractivity contribution in [1.29, 1.82) is 0 Å². The van der Waals surface area contributed by atoms with E-state index in [1.165, 1.54) is 18.4 Å². The molecule has 1 aromatic carbocycles. The van der Waals surface area contributed by atoms with E-state index < -0.39 is 0 Å². The van der Waals surface area contributed by atoms with Gasteiger partial charge in [0.25, 0.3) is 0 Å². The number of esters is 1. The molecule has 1 N–H and O–H groups in total. The summed E-state index contributed by atoms with van der Waals surface area (Å²) in [6.07, 6.45) is 0.867. The largest absolute Gasteiger partial charge is 0.469 e. The second-order valence-corrected chi connectivity index (χ2v) is 5.67. The minimum absolute atomic E-state index is 0.245. The van der Waals surface area contributed by atoms with E-state index in [0.717, 1.165) is 5.69 Å². The van der Waals surface area contributed by atoms with Crippen LogP contribution in [-0.2, 0) is 16.0 Å². The third-order valence-corrected chi connectivity index (χ3v) is 3.91. The predicted molar refractivity (Wildman–Crippen MR) is 82.2 cm³/mol. The number of hydrogen-bond donors (Lipinski definition) is 1. The number of aryl methyl sites for hydroxylation is 1. The van der Waals surface area contributed by atoms with E-state index in [4.69, 9.17) is 23.2 Å². The molecule has 0 aliphatic heterocycles. The van der Waals surface area contributed by atoms with Gasteiger partial charge >= 0.3 is 5.97 Å². The number of carbonyl (C=O) groups is 1. The number of hydrogen-bond acceptors (Lipinski definition) is 5. The highest BCUT2D eigenvalue weighted by Gasteiger charge is 2.08. The van der Waals surface area contributed by atoms with Gasteiger partial charge in [-0.3, -0.25) is 4.79 Å². The maximum Gasteiger partial charge on any atom is 0.305 e. The van der Waals surface area contributed by atoms with E-state index >= 15 is 0 Å². The molecule has 0 saturated heterocycles. The molecule has 0 aliphatic rings. The summed E-state index contributed by atoms with van der Waals surface area (Å²) >= 11 is 13.4. The van der Waals surface area contributed by atoms with Crippen molar-refractivity contribution in [3.8, 4) is 0 Å². The van der Waals surface area contributed by atoms with Crippen molar-refractivity contribution in [3.05, 3.63) is 39.3 Å². The quantitative estimate of drug-likeness (QED) is 0.830. The fourth-order valence-corrected chi connectivity index (χ4v) is 2.61. The Morgan fingerprint density at radius 2 is 2.25 bits per heavy atom. The first-order valence-corrected chi connectivity index (χ1v) is 7.45. The number of carbonyl (C=O) groups excluding carboxylic acids is 1. The van der Waals surface area contributed by atoms with Gasteiger partial charge in [0.15, 0.2) is 5.13 Å². The van der Waals surface area contributed by atoms with Crippen LogP contribution in [0.3, 0.4) is 0 Å². The molecule has 0 unspecified atom stereocenters. The molecule has 0 fully saturated rings. The number of nitrogens with zero attached hydrogens (tertiary/aromatic N) is 1. The molecular weight excluding hydrogens is 319 g/mol. The summed E-state index contributed by atoms with van der Waals surface area (Å²) in [5, 5.41) is 6.87. The first-order valence-electron chi connectivity index (χ1n) is 5.82. The Morgan fingerprint density at radius 1 is 1.45 bits per heavy atom. The minimum Gasteiger partial charge on any atom is -0.469 e. The van der Waals surface area contributed by atoms with Gasteiger partial charge in [0.1, 0.15) is 0 Å². The van der Waals surface area contributed by atoms with E-state index in [0.29, 0.717) is 33.7 Å². The van der Waals surface area contributed by atoms with Crippen molar-refractivity contribution >= 4 is 51.3 Å². The molecule has 106 valence electrons. The van der Waals surface area contributed by atoms with Crippen molar-refractivity contribution in [3.63, 3.8) is 0 Å². The van der Waals surface area contributed by atoms with Crippen LogP contribution >= 0.6 is 34.5 Å². The predicted octanol–water partition coefficient (Wildman–Crippen LogP) is 4.30. The zero-order chi connectivity index (χ0) is 14.5. The first-order chi connectivity index (χ1) is 9.58. The molecule has 7 heteroatoms. The molecule has 0 spiro atoms. The van der Waals surface area contributed by atoms with Crippen LogP contribution in [0.15, 0.2) is 23.6 Å². The summed E-state index contributed by atoms with van der Waals surface area (Å²) < 4.78 is 4.59. The van der Waals surface area contributed by atoms with Crippen molar-refractivity contribution < 1.29 is 9.53 Å². The average molecular weight is 331 g/mol. The Kier molecular flexibility index (Phi) is 5.23. The summed E-state index contributed by atoms with van der Waals surface area (Å²) in [5.41, 5.74) is 1.54. The van der Waals surface area contributed by atoms with Gasteiger partial charge in [-0.1, -0.05) is 23.2 Å². The van der Waals surface area contributed by atoms with Gasteiger partial charge in [-0.25, -0.2) is 4.98 Å². The van der Waals surface area contributed by atoms with Gasteiger partial charge < -0.3 is 10.1 Å². The van der Waals surface area contributed by atoms with Gasteiger partial charge in [-0.05, 0) is 18.2 Å². The second kappa shape index (κ2) is 6.92. The lowest BCUT2D eigenvalue weighted by atomic mass is 10.2. The van der Waals surface area contributed by atoms with Gasteiger partial charge in [0.05, 0.1) is 29.9 Å². The summed E-state index contributed by atoms with van der Waals surface area (Å²) in [4.78, 5) is 15.5. The number of halogens is 2. The van der Waals surface area contributed by atoms with Crippen molar-refractivity contribution in [2.75, 3.05) is 12.4 Å². The average Bonchev–Trinajstić information content (AvgIpc) is 2.88. The molecule has 2 aromatic rings. The summed E-state index contributed by atoms with van der Waals surface area (Å²) in [6, 6.07) is 5.18. The van der Waals surface area contributed by atoms with Crippen LogP contribution in [0.25, 0.3) is 0 Å². The van der Waals surface area contributed by atoms with Crippen molar-refractivity contribution in [2.45, 2.75) is 12.8 Å². The first kappa shape index (κ1) is 15.1. The van der Waals surface area contributed by atoms with Gasteiger partial charge in [-0.2, -0.15) is 0 Å². The Morgan fingerprint density at radius 3 is 3.00 bits per heavy atom. The molecular formula is C13H12Cl2N2O2S. The molecule has 20 heavy (non-hydrogen) atoms. The molecule has 1 heterocycles. The number of anilines is 2. The normalized spacial score (nSPS) is 10.3. The lowest BCUT2D eigenvalue weighted by molar-refractivity contribution is -0.140. The number of thiazole rings is 1. The summed E-state index contributed by atoms with van der Waals surface area (Å²) in [5.74, 6) is -0.245. The highest BCUT2D eigenvalue weighted by Crippen LogP contribution is 2.29. The molecule has 4 nitrogen and oxygen atoms in total. The monoisotopic (exact) mass is 330 g/mol. The molecule has 0 amide bonds. The number of methoxy groups -OCH3 is 1. The van der Waals surface area contributed by atoms with Crippen molar-refractivity contribution in [2.24, 2.45) is 0 Å². The molecule has 0 aliphatic carbocycles. The van der Waals surface area contributed by atoms with Crippen LogP contribution in [0.1, 0.15) is 12.1 Å². The van der Waals surface area contributed by atoms with Gasteiger partial charge in [-0.15, -0.1) is 11.3 Å². The van der Waals surface area contributed by atoms with Crippen LogP contribution in [0.2, 0.25) is 10.0 Å². The van der Waals surface area contributed by atoms with Crippen LogP contribution in [-0.4, -0.2) is 18.1 Å². The van der Waals surface area contributed by atoms with Gasteiger partial charge in [0.2, 0.25) is 0 Å². The smallest absolute Gasteiger partial charge is 0.305 e. The maximum atomic E-state index is 11.1. The molecule has 2 rings (SSSR count). The molecule has 0 radical (unpaired) electrons. The van der Waals surface area contributed by atoms with Crippen molar-refractivity contribution in [1.82, 2.24) is 4.98 Å². The Hall–Kier alpha value is -1.30. The third kappa shape index (κ3) is 4.10. The van der Waals surface area contributed by atoms with Crippen LogP contribution in [0.5, 0.6) is 0 Å². The second-order valence-electron chi connectivity index (χ2n) is 3.97. The molecule has 0 saturated carbocycles. The Bertz CT molecular complexity index is 616. The fourth-order valence-electron chi connectivity index (χ4n) is 1.52. The lowest BCUT2D eigenvalue weighted by Crippen LogP contribution is -2.02.